The van der Waals surface area contributed by atoms with Gasteiger partial charge in [-0.1, -0.05) is 31.2 Å². The lowest BCUT2D eigenvalue weighted by Gasteiger charge is -2.14. The van der Waals surface area contributed by atoms with Crippen LogP contribution >= 0.6 is 0 Å². The van der Waals surface area contributed by atoms with E-state index in [0.717, 1.165) is 29.0 Å². The molecule has 0 saturated heterocycles. The standard InChI is InChI=1S/C25H29N3O3/c1-4-15-31-23-13-11-20(16-24(23)30-5-2)12-14-25(29)27(3)18-21-17-26-28(19-21)22-9-7-6-8-10-22/h6-14,16-17,19H,4-5,15,18H2,1-3H3/b14-12+. The lowest BCUT2D eigenvalue weighted by atomic mass is 10.2. The van der Waals surface area contributed by atoms with Crippen molar-refractivity contribution in [2.45, 2.75) is 26.8 Å². The Hall–Kier alpha value is -3.54. The van der Waals surface area contributed by atoms with Gasteiger partial charge in [-0.05, 0) is 49.2 Å². The highest BCUT2D eigenvalue weighted by Crippen LogP contribution is 2.29. The van der Waals surface area contributed by atoms with Crippen molar-refractivity contribution in [1.82, 2.24) is 14.7 Å². The Balaban J connectivity index is 1.62. The molecule has 0 saturated carbocycles. The van der Waals surface area contributed by atoms with Crippen molar-refractivity contribution in [3.8, 4) is 17.2 Å². The third-order valence-electron chi connectivity index (χ3n) is 4.60. The normalized spacial score (nSPS) is 10.9. The van der Waals surface area contributed by atoms with Crippen LogP contribution in [-0.2, 0) is 11.3 Å². The second kappa shape index (κ2) is 11.0. The lowest BCUT2D eigenvalue weighted by molar-refractivity contribution is -0.125. The summed E-state index contributed by atoms with van der Waals surface area (Å²) in [7, 11) is 1.78. The fourth-order valence-electron chi connectivity index (χ4n) is 3.04. The summed E-state index contributed by atoms with van der Waals surface area (Å²) in [5, 5.41) is 4.38. The van der Waals surface area contributed by atoms with Crippen molar-refractivity contribution >= 4 is 12.0 Å². The van der Waals surface area contributed by atoms with Gasteiger partial charge >= 0.3 is 0 Å². The highest BCUT2D eigenvalue weighted by molar-refractivity contribution is 5.91. The van der Waals surface area contributed by atoms with Crippen LogP contribution in [0.25, 0.3) is 11.8 Å². The van der Waals surface area contributed by atoms with E-state index >= 15 is 0 Å². The Kier molecular flexibility index (Phi) is 7.87. The molecule has 0 fully saturated rings. The zero-order valence-electron chi connectivity index (χ0n) is 18.3. The number of hydrogen-bond acceptors (Lipinski definition) is 4. The number of rotatable bonds is 10. The van der Waals surface area contributed by atoms with Gasteiger partial charge in [-0.15, -0.1) is 0 Å². The third-order valence-corrected chi connectivity index (χ3v) is 4.60. The third kappa shape index (κ3) is 6.22. The smallest absolute Gasteiger partial charge is 0.246 e. The molecule has 162 valence electrons. The molecule has 6 heteroatoms. The van der Waals surface area contributed by atoms with Gasteiger partial charge in [0.25, 0.3) is 0 Å². The number of aromatic nitrogens is 2. The van der Waals surface area contributed by atoms with Gasteiger partial charge in [-0.25, -0.2) is 4.68 Å². The number of ether oxygens (including phenoxy) is 2. The number of amides is 1. The second-order valence-electron chi connectivity index (χ2n) is 7.14. The van der Waals surface area contributed by atoms with Gasteiger partial charge in [0.2, 0.25) is 5.91 Å². The molecule has 0 radical (unpaired) electrons. The summed E-state index contributed by atoms with van der Waals surface area (Å²) < 4.78 is 13.2. The monoisotopic (exact) mass is 419 g/mol. The Morgan fingerprint density at radius 1 is 1.10 bits per heavy atom. The van der Waals surface area contributed by atoms with Crippen LogP contribution in [0.5, 0.6) is 11.5 Å². The topological polar surface area (TPSA) is 56.6 Å². The minimum Gasteiger partial charge on any atom is -0.490 e. The quantitative estimate of drug-likeness (QED) is 0.446. The molecule has 6 nitrogen and oxygen atoms in total. The van der Waals surface area contributed by atoms with Crippen molar-refractivity contribution in [1.29, 1.82) is 0 Å². The molecule has 0 aliphatic rings. The molecular formula is C25H29N3O3. The first-order chi connectivity index (χ1) is 15.1. The van der Waals surface area contributed by atoms with Gasteiger partial charge < -0.3 is 14.4 Å². The average Bonchev–Trinajstić information content (AvgIpc) is 3.26. The van der Waals surface area contributed by atoms with Crippen molar-refractivity contribution in [3.05, 3.63) is 78.1 Å². The largest absolute Gasteiger partial charge is 0.490 e. The molecule has 2 aromatic carbocycles. The zero-order valence-corrected chi connectivity index (χ0v) is 18.3. The van der Waals surface area contributed by atoms with Crippen LogP contribution in [-0.4, -0.2) is 40.8 Å². The van der Waals surface area contributed by atoms with E-state index in [1.54, 1.807) is 35.0 Å². The first-order valence-corrected chi connectivity index (χ1v) is 10.5. The van der Waals surface area contributed by atoms with E-state index in [0.29, 0.717) is 25.5 Å². The highest BCUT2D eigenvalue weighted by atomic mass is 16.5. The Labute approximate surface area is 183 Å². The maximum Gasteiger partial charge on any atom is 0.246 e. The molecule has 3 rings (SSSR count). The predicted molar refractivity (Wildman–Crippen MR) is 122 cm³/mol. The van der Waals surface area contributed by atoms with Gasteiger partial charge in [0.1, 0.15) is 0 Å². The Bertz CT molecular complexity index is 1010. The molecule has 0 spiro atoms. The van der Waals surface area contributed by atoms with E-state index in [2.05, 4.69) is 12.0 Å². The molecule has 3 aromatic rings. The number of carbonyl (C=O) groups is 1. The summed E-state index contributed by atoms with van der Waals surface area (Å²) in [6, 6.07) is 15.6. The predicted octanol–water partition coefficient (Wildman–Crippen LogP) is 4.73. The van der Waals surface area contributed by atoms with Crippen LogP contribution < -0.4 is 9.47 Å². The molecule has 0 aliphatic heterocycles. The van der Waals surface area contributed by atoms with Crippen LogP contribution in [0, 0.1) is 0 Å². The van der Waals surface area contributed by atoms with Crippen LogP contribution in [0.1, 0.15) is 31.4 Å². The molecule has 0 bridgehead atoms. The Morgan fingerprint density at radius 2 is 1.90 bits per heavy atom. The molecule has 0 atom stereocenters. The minimum absolute atomic E-state index is 0.0864. The molecule has 1 amide bonds. The van der Waals surface area contributed by atoms with E-state index in [1.165, 1.54) is 0 Å². The van der Waals surface area contributed by atoms with Crippen molar-refractivity contribution in [2.75, 3.05) is 20.3 Å². The number of nitrogens with zero attached hydrogens (tertiary/aromatic N) is 3. The maximum atomic E-state index is 12.6. The van der Waals surface area contributed by atoms with E-state index in [9.17, 15) is 4.79 Å². The SMILES string of the molecule is CCCOc1ccc(/C=C/C(=O)N(C)Cc2cnn(-c3ccccc3)c2)cc1OCC. The number of para-hydroxylation sites is 1. The summed E-state index contributed by atoms with van der Waals surface area (Å²) >= 11 is 0. The summed E-state index contributed by atoms with van der Waals surface area (Å²) in [6.45, 7) is 5.66. The van der Waals surface area contributed by atoms with Gasteiger partial charge in [-0.3, -0.25) is 4.79 Å². The van der Waals surface area contributed by atoms with Gasteiger partial charge in [-0.2, -0.15) is 5.10 Å². The maximum absolute atomic E-state index is 12.6. The lowest BCUT2D eigenvalue weighted by Crippen LogP contribution is -2.23. The second-order valence-corrected chi connectivity index (χ2v) is 7.14. The van der Waals surface area contributed by atoms with E-state index in [1.807, 2.05) is 61.7 Å². The molecule has 0 aliphatic carbocycles. The summed E-state index contributed by atoms with van der Waals surface area (Å²) in [5.74, 6) is 1.32. The van der Waals surface area contributed by atoms with E-state index in [4.69, 9.17) is 9.47 Å². The Morgan fingerprint density at radius 3 is 2.65 bits per heavy atom. The average molecular weight is 420 g/mol. The summed E-state index contributed by atoms with van der Waals surface area (Å²) in [6.07, 6.45) is 8.01. The first kappa shape index (κ1) is 22.2. The van der Waals surface area contributed by atoms with Gasteiger partial charge in [0, 0.05) is 31.4 Å². The molecule has 0 N–H and O–H groups in total. The van der Waals surface area contributed by atoms with Crippen LogP contribution in [0.15, 0.2) is 67.0 Å². The van der Waals surface area contributed by atoms with E-state index < -0.39 is 0 Å². The van der Waals surface area contributed by atoms with Gasteiger partial charge in [0.15, 0.2) is 11.5 Å². The number of likely N-dealkylation sites (N-methyl/N-ethyl adjacent to an activating group) is 1. The minimum atomic E-state index is -0.0864. The van der Waals surface area contributed by atoms with Crippen LogP contribution in [0.3, 0.4) is 0 Å². The fourth-order valence-corrected chi connectivity index (χ4v) is 3.04. The van der Waals surface area contributed by atoms with Crippen molar-refractivity contribution < 1.29 is 14.3 Å². The van der Waals surface area contributed by atoms with Crippen LogP contribution in [0.4, 0.5) is 0 Å². The molecular weight excluding hydrogens is 390 g/mol. The molecule has 1 heterocycles. The molecule has 31 heavy (non-hydrogen) atoms. The highest BCUT2D eigenvalue weighted by Gasteiger charge is 2.09. The van der Waals surface area contributed by atoms with E-state index in [-0.39, 0.29) is 5.91 Å². The van der Waals surface area contributed by atoms with Crippen molar-refractivity contribution in [2.24, 2.45) is 0 Å². The summed E-state index contributed by atoms with van der Waals surface area (Å²) in [5.41, 5.74) is 2.83. The first-order valence-electron chi connectivity index (χ1n) is 10.5. The molecule has 1 aromatic heterocycles. The molecule has 0 unspecified atom stereocenters. The number of carbonyl (C=O) groups excluding carboxylic acids is 1. The van der Waals surface area contributed by atoms with Crippen LogP contribution in [0.2, 0.25) is 0 Å². The number of hydrogen-bond donors (Lipinski definition) is 0. The van der Waals surface area contributed by atoms with Gasteiger partial charge in [0.05, 0.1) is 25.1 Å². The van der Waals surface area contributed by atoms with Crippen molar-refractivity contribution in [3.63, 3.8) is 0 Å². The number of benzene rings is 2. The fraction of sp³-hybridized carbons (Fsp3) is 0.280. The zero-order chi connectivity index (χ0) is 22.1. The summed E-state index contributed by atoms with van der Waals surface area (Å²) in [4.78, 5) is 14.2.